The first-order valence-corrected chi connectivity index (χ1v) is 6.74. The maximum absolute atomic E-state index is 13.1. The van der Waals surface area contributed by atoms with Gasteiger partial charge in [0.05, 0.1) is 9.92 Å². The maximum Gasteiger partial charge on any atom is 0.205 e. The van der Waals surface area contributed by atoms with Crippen LogP contribution in [0.15, 0.2) is 56.7 Å². The molecule has 19 heavy (non-hydrogen) atoms. The number of para-hydroxylation sites is 1. The Morgan fingerprint density at radius 1 is 1.16 bits per heavy atom. The number of nitrogens with two attached hydrogens (primary N) is 1. The lowest BCUT2D eigenvalue weighted by atomic mass is 10.3. The van der Waals surface area contributed by atoms with Crippen molar-refractivity contribution in [3.63, 3.8) is 0 Å². The lowest BCUT2D eigenvalue weighted by Gasteiger charge is -2.02. The molecule has 0 fully saturated rings. The number of anilines is 1. The summed E-state index contributed by atoms with van der Waals surface area (Å²) in [6.07, 6.45) is 0. The lowest BCUT2D eigenvalue weighted by molar-refractivity contribution is 0.627. The highest BCUT2D eigenvalue weighted by Crippen LogP contribution is 2.40. The second-order valence-corrected chi connectivity index (χ2v) is 5.46. The van der Waals surface area contributed by atoms with Gasteiger partial charge >= 0.3 is 0 Å². The number of nitrogen functional groups attached to an aromatic ring is 1. The molecule has 96 valence electrons. The van der Waals surface area contributed by atoms with Gasteiger partial charge in [-0.3, -0.25) is 0 Å². The molecule has 1 heterocycles. The summed E-state index contributed by atoms with van der Waals surface area (Å²) in [5.41, 5.74) is 6.61. The summed E-state index contributed by atoms with van der Waals surface area (Å²) in [7, 11) is 0. The van der Waals surface area contributed by atoms with E-state index in [4.69, 9.17) is 21.8 Å². The molecule has 0 atom stereocenters. The Morgan fingerprint density at radius 3 is 2.74 bits per heavy atom. The van der Waals surface area contributed by atoms with Crippen molar-refractivity contribution in [2.45, 2.75) is 9.79 Å². The molecule has 2 nitrogen and oxygen atoms in total. The molecular weight excluding hydrogens is 285 g/mol. The van der Waals surface area contributed by atoms with Gasteiger partial charge in [0.1, 0.15) is 11.4 Å². The molecule has 0 bridgehead atoms. The fourth-order valence-corrected chi connectivity index (χ4v) is 3.02. The first-order valence-electron chi connectivity index (χ1n) is 5.55. The third kappa shape index (κ3) is 2.29. The fourth-order valence-electron chi connectivity index (χ4n) is 1.80. The van der Waals surface area contributed by atoms with E-state index in [2.05, 4.69) is 0 Å². The van der Waals surface area contributed by atoms with E-state index < -0.39 is 5.82 Å². The summed E-state index contributed by atoms with van der Waals surface area (Å²) in [5, 5.41) is 1.03. The van der Waals surface area contributed by atoms with Crippen molar-refractivity contribution in [2.75, 3.05) is 5.73 Å². The molecule has 0 radical (unpaired) electrons. The Hall–Kier alpha value is -1.65. The van der Waals surface area contributed by atoms with Crippen LogP contribution in [-0.4, -0.2) is 0 Å². The highest BCUT2D eigenvalue weighted by atomic mass is 35.5. The Morgan fingerprint density at radius 2 is 1.95 bits per heavy atom. The number of hydrogen-bond donors (Lipinski definition) is 1. The smallest absolute Gasteiger partial charge is 0.205 e. The first kappa shape index (κ1) is 12.4. The molecule has 2 aromatic carbocycles. The van der Waals surface area contributed by atoms with Crippen molar-refractivity contribution < 1.29 is 8.81 Å². The molecule has 3 rings (SSSR count). The van der Waals surface area contributed by atoms with Crippen LogP contribution in [0.1, 0.15) is 0 Å². The Kier molecular flexibility index (Phi) is 3.12. The van der Waals surface area contributed by atoms with Crippen LogP contribution < -0.4 is 5.73 Å². The highest BCUT2D eigenvalue weighted by Gasteiger charge is 2.13. The summed E-state index contributed by atoms with van der Waals surface area (Å²) in [6.45, 7) is 0. The standard InChI is InChI=1S/C14H9ClFNOS/c15-10-7-8(5-6-11(10)16)19-13-9-3-1-2-4-12(9)18-14(13)17/h1-7H,17H2. The Labute approximate surface area is 118 Å². The quantitative estimate of drug-likeness (QED) is 0.726. The third-order valence-corrected chi connectivity index (χ3v) is 4.09. The van der Waals surface area contributed by atoms with Crippen molar-refractivity contribution in [2.24, 2.45) is 0 Å². The van der Waals surface area contributed by atoms with Crippen LogP contribution in [0, 0.1) is 5.82 Å². The molecule has 0 amide bonds. The molecule has 0 aliphatic heterocycles. The molecule has 2 N–H and O–H groups in total. The summed E-state index contributed by atoms with van der Waals surface area (Å²) in [4.78, 5) is 1.63. The van der Waals surface area contributed by atoms with Gasteiger partial charge in [-0.2, -0.15) is 0 Å². The van der Waals surface area contributed by atoms with Crippen LogP contribution in [-0.2, 0) is 0 Å². The van der Waals surface area contributed by atoms with Crippen LogP contribution in [0.4, 0.5) is 10.3 Å². The van der Waals surface area contributed by atoms with E-state index in [1.54, 1.807) is 12.1 Å². The van der Waals surface area contributed by atoms with Gasteiger partial charge < -0.3 is 10.2 Å². The van der Waals surface area contributed by atoms with E-state index in [-0.39, 0.29) is 5.02 Å². The predicted octanol–water partition coefficient (Wildman–Crippen LogP) is 4.96. The topological polar surface area (TPSA) is 39.2 Å². The van der Waals surface area contributed by atoms with Gasteiger partial charge in [-0.15, -0.1) is 0 Å². The number of furan rings is 1. The largest absolute Gasteiger partial charge is 0.440 e. The third-order valence-electron chi connectivity index (χ3n) is 2.69. The van der Waals surface area contributed by atoms with Crippen molar-refractivity contribution >= 4 is 40.2 Å². The van der Waals surface area contributed by atoms with Crippen LogP contribution in [0.5, 0.6) is 0 Å². The molecular formula is C14H9ClFNOS. The minimum Gasteiger partial charge on any atom is -0.440 e. The number of fused-ring (bicyclic) bond motifs is 1. The minimum absolute atomic E-state index is 0.0939. The van der Waals surface area contributed by atoms with Crippen LogP contribution in [0.3, 0.4) is 0 Å². The van der Waals surface area contributed by atoms with E-state index in [1.165, 1.54) is 17.8 Å². The van der Waals surface area contributed by atoms with E-state index in [1.807, 2.05) is 24.3 Å². The lowest BCUT2D eigenvalue weighted by Crippen LogP contribution is -1.83. The van der Waals surface area contributed by atoms with Crippen molar-refractivity contribution in [3.8, 4) is 0 Å². The van der Waals surface area contributed by atoms with Crippen LogP contribution in [0.25, 0.3) is 11.0 Å². The van der Waals surface area contributed by atoms with Gasteiger partial charge in [0.15, 0.2) is 0 Å². The second kappa shape index (κ2) is 4.79. The van der Waals surface area contributed by atoms with Crippen molar-refractivity contribution in [3.05, 3.63) is 53.3 Å². The van der Waals surface area contributed by atoms with Gasteiger partial charge in [-0.1, -0.05) is 35.5 Å². The zero-order valence-corrected chi connectivity index (χ0v) is 11.3. The van der Waals surface area contributed by atoms with Crippen LogP contribution >= 0.6 is 23.4 Å². The summed E-state index contributed by atoms with van der Waals surface area (Å²) >= 11 is 7.17. The first-order chi connectivity index (χ1) is 9.15. The van der Waals surface area contributed by atoms with E-state index in [0.29, 0.717) is 5.88 Å². The zero-order valence-electron chi connectivity index (χ0n) is 9.69. The zero-order chi connectivity index (χ0) is 13.4. The number of benzene rings is 2. The van der Waals surface area contributed by atoms with Crippen molar-refractivity contribution in [1.29, 1.82) is 0 Å². The molecule has 0 spiro atoms. The molecule has 3 aromatic rings. The normalized spacial score (nSPS) is 11.1. The van der Waals surface area contributed by atoms with Gasteiger partial charge in [0.25, 0.3) is 0 Å². The molecule has 0 aliphatic rings. The maximum atomic E-state index is 13.1. The molecule has 0 unspecified atom stereocenters. The van der Waals surface area contributed by atoms with Crippen LogP contribution in [0.2, 0.25) is 5.02 Å². The van der Waals surface area contributed by atoms with Gasteiger partial charge in [0.2, 0.25) is 5.88 Å². The predicted molar refractivity (Wildman–Crippen MR) is 76.2 cm³/mol. The number of hydrogen-bond acceptors (Lipinski definition) is 3. The average molecular weight is 294 g/mol. The molecule has 0 saturated heterocycles. The monoisotopic (exact) mass is 293 g/mol. The fraction of sp³-hybridized carbons (Fsp3) is 0. The second-order valence-electron chi connectivity index (χ2n) is 3.97. The average Bonchev–Trinajstić information content (AvgIpc) is 2.71. The van der Waals surface area contributed by atoms with Gasteiger partial charge in [-0.25, -0.2) is 4.39 Å². The van der Waals surface area contributed by atoms with Gasteiger partial charge in [0, 0.05) is 10.3 Å². The Bertz CT molecular complexity index is 756. The summed E-state index contributed by atoms with van der Waals surface area (Å²) in [6, 6.07) is 12.2. The van der Waals surface area contributed by atoms with E-state index in [0.717, 1.165) is 20.8 Å². The number of halogens is 2. The SMILES string of the molecule is Nc1oc2ccccc2c1Sc1ccc(F)c(Cl)c1. The van der Waals surface area contributed by atoms with E-state index >= 15 is 0 Å². The Balaban J connectivity index is 2.05. The highest BCUT2D eigenvalue weighted by molar-refractivity contribution is 7.99. The molecule has 0 saturated carbocycles. The van der Waals surface area contributed by atoms with Crippen molar-refractivity contribution in [1.82, 2.24) is 0 Å². The summed E-state index contributed by atoms with van der Waals surface area (Å²) in [5.74, 6) is -0.0808. The molecule has 0 aliphatic carbocycles. The minimum atomic E-state index is -0.434. The summed E-state index contributed by atoms with van der Waals surface area (Å²) < 4.78 is 18.6. The molecule has 1 aromatic heterocycles. The van der Waals surface area contributed by atoms with E-state index in [9.17, 15) is 4.39 Å². The number of rotatable bonds is 2. The molecule has 5 heteroatoms. The van der Waals surface area contributed by atoms with Gasteiger partial charge in [-0.05, 0) is 30.3 Å².